The minimum absolute atomic E-state index is 0.0134. The lowest BCUT2D eigenvalue weighted by Gasteiger charge is -2.32. The molecule has 0 unspecified atom stereocenters. The summed E-state index contributed by atoms with van der Waals surface area (Å²) in [6.07, 6.45) is 2.59. The van der Waals surface area contributed by atoms with Gasteiger partial charge in [-0.3, -0.25) is 0 Å². The highest BCUT2D eigenvalue weighted by Crippen LogP contribution is 2.25. The molecule has 1 N–H and O–H groups in total. The third-order valence-electron chi connectivity index (χ3n) is 4.36. The summed E-state index contributed by atoms with van der Waals surface area (Å²) in [6.45, 7) is 10.0. The van der Waals surface area contributed by atoms with Gasteiger partial charge in [-0.05, 0) is 66.3 Å². The Labute approximate surface area is 128 Å². The minimum Gasteiger partial charge on any atom is -0.475 e. The maximum absolute atomic E-state index is 6.08. The summed E-state index contributed by atoms with van der Waals surface area (Å²) in [7, 11) is 4.15. The molecule has 1 saturated carbocycles. The van der Waals surface area contributed by atoms with Crippen molar-refractivity contribution in [3.05, 3.63) is 22.9 Å². The fraction of sp³-hybridized carbons (Fsp3) is 0.706. The molecule has 4 nitrogen and oxygen atoms in total. The molecular formula is C17H29N3O. The predicted molar refractivity (Wildman–Crippen MR) is 86.8 cm³/mol. The van der Waals surface area contributed by atoms with Crippen LogP contribution in [0, 0.1) is 13.8 Å². The number of pyridine rings is 1. The van der Waals surface area contributed by atoms with Crippen molar-refractivity contribution >= 4 is 0 Å². The fourth-order valence-corrected chi connectivity index (χ4v) is 2.07. The Kier molecular flexibility index (Phi) is 4.89. The van der Waals surface area contributed by atoms with E-state index in [-0.39, 0.29) is 5.54 Å². The van der Waals surface area contributed by atoms with Gasteiger partial charge in [-0.25, -0.2) is 4.98 Å². The third-order valence-corrected chi connectivity index (χ3v) is 4.36. The summed E-state index contributed by atoms with van der Waals surface area (Å²) >= 11 is 0. The highest BCUT2D eigenvalue weighted by atomic mass is 16.5. The van der Waals surface area contributed by atoms with E-state index in [1.807, 2.05) is 6.92 Å². The molecule has 1 aromatic rings. The van der Waals surface area contributed by atoms with Gasteiger partial charge in [0.15, 0.2) is 0 Å². The summed E-state index contributed by atoms with van der Waals surface area (Å²) in [5.74, 6) is 0.788. The first kappa shape index (κ1) is 16.2. The number of rotatable bonds is 7. The molecule has 118 valence electrons. The molecule has 1 heterocycles. The van der Waals surface area contributed by atoms with E-state index in [2.05, 4.69) is 56.1 Å². The van der Waals surface area contributed by atoms with E-state index in [0.717, 1.165) is 18.1 Å². The number of nitrogens with zero attached hydrogens (tertiary/aromatic N) is 2. The molecule has 0 bridgehead atoms. The van der Waals surface area contributed by atoms with E-state index in [1.165, 1.54) is 24.0 Å². The molecule has 0 aromatic carbocycles. The number of hydrogen-bond acceptors (Lipinski definition) is 4. The normalized spacial score (nSPS) is 15.6. The van der Waals surface area contributed by atoms with Gasteiger partial charge in [0.2, 0.25) is 5.88 Å². The second-order valence-electron chi connectivity index (χ2n) is 7.01. The van der Waals surface area contributed by atoms with Gasteiger partial charge in [0, 0.05) is 29.4 Å². The molecule has 0 aliphatic heterocycles. The lowest BCUT2D eigenvalue weighted by Crippen LogP contribution is -2.43. The zero-order chi connectivity index (χ0) is 15.6. The van der Waals surface area contributed by atoms with Crippen molar-refractivity contribution < 1.29 is 4.74 Å². The molecule has 1 aromatic heterocycles. The Hall–Kier alpha value is -1.13. The largest absolute Gasteiger partial charge is 0.475 e. The van der Waals surface area contributed by atoms with Crippen molar-refractivity contribution in [1.82, 2.24) is 15.2 Å². The maximum Gasteiger partial charge on any atom is 0.218 e. The topological polar surface area (TPSA) is 37.4 Å². The van der Waals surface area contributed by atoms with Gasteiger partial charge in [0.1, 0.15) is 6.61 Å². The molecule has 21 heavy (non-hydrogen) atoms. The van der Waals surface area contributed by atoms with Gasteiger partial charge in [-0.1, -0.05) is 0 Å². The lowest BCUT2D eigenvalue weighted by atomic mass is 10.1. The average Bonchev–Trinajstić information content (AvgIpc) is 3.18. The Balaban J connectivity index is 2.11. The van der Waals surface area contributed by atoms with E-state index < -0.39 is 0 Å². The van der Waals surface area contributed by atoms with E-state index in [4.69, 9.17) is 4.74 Å². The molecular weight excluding hydrogens is 262 g/mol. The van der Waals surface area contributed by atoms with Crippen molar-refractivity contribution in [2.45, 2.75) is 58.7 Å². The summed E-state index contributed by atoms with van der Waals surface area (Å²) < 4.78 is 6.08. The Bertz CT molecular complexity index is 493. The standard InChI is InChI=1S/C17H29N3O/c1-12-9-13(2)19-16(15(12)10-18-14-7-8-14)21-11-17(3,4)20(5)6/h9,14,18H,7-8,10-11H2,1-6H3. The van der Waals surface area contributed by atoms with Crippen molar-refractivity contribution in [1.29, 1.82) is 0 Å². The molecule has 0 spiro atoms. The van der Waals surface area contributed by atoms with E-state index >= 15 is 0 Å². The highest BCUT2D eigenvalue weighted by molar-refractivity contribution is 5.36. The van der Waals surface area contributed by atoms with Gasteiger partial charge in [-0.2, -0.15) is 0 Å². The predicted octanol–water partition coefficient (Wildman–Crippen LogP) is 2.67. The summed E-state index contributed by atoms with van der Waals surface area (Å²) in [6, 6.07) is 2.82. The molecule has 0 saturated heterocycles. The van der Waals surface area contributed by atoms with Crippen LogP contribution in [0.4, 0.5) is 0 Å². The first-order valence-corrected chi connectivity index (χ1v) is 7.80. The van der Waals surface area contributed by atoms with Crippen molar-refractivity contribution in [3.8, 4) is 5.88 Å². The van der Waals surface area contributed by atoms with Crippen LogP contribution in [0.15, 0.2) is 6.07 Å². The van der Waals surface area contributed by atoms with E-state index in [1.54, 1.807) is 0 Å². The van der Waals surface area contributed by atoms with Crippen LogP contribution < -0.4 is 10.1 Å². The molecule has 0 amide bonds. The smallest absolute Gasteiger partial charge is 0.218 e. The molecule has 4 heteroatoms. The summed E-state index contributed by atoms with van der Waals surface area (Å²) in [5, 5.41) is 3.56. The van der Waals surface area contributed by atoms with Crippen LogP contribution >= 0.6 is 0 Å². The van der Waals surface area contributed by atoms with Gasteiger partial charge in [-0.15, -0.1) is 0 Å². The molecule has 0 radical (unpaired) electrons. The molecule has 1 aliphatic rings. The van der Waals surface area contributed by atoms with Crippen LogP contribution in [0.25, 0.3) is 0 Å². The summed E-state index contributed by atoms with van der Waals surface area (Å²) in [5.41, 5.74) is 3.45. The maximum atomic E-state index is 6.08. The van der Waals surface area contributed by atoms with E-state index in [9.17, 15) is 0 Å². The average molecular weight is 291 g/mol. The zero-order valence-corrected chi connectivity index (χ0v) is 14.3. The van der Waals surface area contributed by atoms with Crippen LogP contribution in [-0.4, -0.2) is 42.2 Å². The molecule has 1 fully saturated rings. The molecule has 0 atom stereocenters. The number of likely N-dealkylation sites (N-methyl/N-ethyl adjacent to an activating group) is 1. The Morgan fingerprint density at radius 1 is 1.33 bits per heavy atom. The van der Waals surface area contributed by atoms with Crippen LogP contribution in [0.1, 0.15) is 43.5 Å². The summed E-state index contributed by atoms with van der Waals surface area (Å²) in [4.78, 5) is 6.79. The number of nitrogens with one attached hydrogen (secondary N) is 1. The van der Waals surface area contributed by atoms with Crippen molar-refractivity contribution in [2.24, 2.45) is 0 Å². The molecule has 1 aliphatic carbocycles. The Morgan fingerprint density at radius 2 is 2.00 bits per heavy atom. The zero-order valence-electron chi connectivity index (χ0n) is 14.3. The number of hydrogen-bond donors (Lipinski definition) is 1. The second kappa shape index (κ2) is 6.32. The quantitative estimate of drug-likeness (QED) is 0.838. The van der Waals surface area contributed by atoms with Crippen LogP contribution in [0.2, 0.25) is 0 Å². The first-order valence-electron chi connectivity index (χ1n) is 7.80. The van der Waals surface area contributed by atoms with Gasteiger partial charge in [0.25, 0.3) is 0 Å². The number of aryl methyl sites for hydroxylation is 2. The van der Waals surface area contributed by atoms with Crippen molar-refractivity contribution in [3.63, 3.8) is 0 Å². The van der Waals surface area contributed by atoms with Crippen LogP contribution in [-0.2, 0) is 6.54 Å². The monoisotopic (exact) mass is 291 g/mol. The van der Waals surface area contributed by atoms with Gasteiger partial charge < -0.3 is 15.0 Å². The fourth-order valence-electron chi connectivity index (χ4n) is 2.07. The molecule has 2 rings (SSSR count). The van der Waals surface area contributed by atoms with Gasteiger partial charge in [0.05, 0.1) is 0 Å². The lowest BCUT2D eigenvalue weighted by molar-refractivity contribution is 0.110. The van der Waals surface area contributed by atoms with Crippen LogP contribution in [0.5, 0.6) is 5.88 Å². The van der Waals surface area contributed by atoms with Crippen LogP contribution in [0.3, 0.4) is 0 Å². The SMILES string of the molecule is Cc1cc(C)c(CNC2CC2)c(OCC(C)(C)N(C)C)n1. The third kappa shape index (κ3) is 4.42. The second-order valence-corrected chi connectivity index (χ2v) is 7.01. The van der Waals surface area contributed by atoms with Gasteiger partial charge >= 0.3 is 0 Å². The first-order chi connectivity index (χ1) is 9.79. The van der Waals surface area contributed by atoms with E-state index in [0.29, 0.717) is 12.6 Å². The van der Waals surface area contributed by atoms with Crippen molar-refractivity contribution in [2.75, 3.05) is 20.7 Å². The Morgan fingerprint density at radius 3 is 2.57 bits per heavy atom. The number of ether oxygens (including phenoxy) is 1. The minimum atomic E-state index is -0.0134. The number of aromatic nitrogens is 1. The highest BCUT2D eigenvalue weighted by Gasteiger charge is 2.24.